The second-order valence-electron chi connectivity index (χ2n) is 13.3. The first-order chi connectivity index (χ1) is 23.7. The number of aromatic nitrogens is 1. The molecular weight excluding hydrogens is 603 g/mol. The number of nitrogens with one attached hydrogen (secondary N) is 1. The average Bonchev–Trinajstić information content (AvgIpc) is 3.78. The standard InChI is InChI=1S/C44H29N3S/c45-43(46)31-15-9-17-35-40(31)32-24-25(26-12-7-14-30-28-11-2-6-21-39(28)48-42(26)30)22-23-33(32)44(35)34-16-3-5-20-38(34)47-37-19-4-1-10-27(37)29-13-8-18-36(44)41(29)47/h1-21,24H,22-23H2,(H3,45,46). The minimum Gasteiger partial charge on any atom is -0.384 e. The van der Waals surface area contributed by atoms with Gasteiger partial charge in [0.1, 0.15) is 5.84 Å². The molecule has 3 aliphatic rings. The molecule has 0 radical (unpaired) electrons. The van der Waals surface area contributed by atoms with Gasteiger partial charge in [0.25, 0.3) is 0 Å². The van der Waals surface area contributed by atoms with Crippen LogP contribution in [0.1, 0.15) is 46.2 Å². The van der Waals surface area contributed by atoms with Crippen LogP contribution in [0.15, 0.2) is 139 Å². The van der Waals surface area contributed by atoms with Gasteiger partial charge >= 0.3 is 0 Å². The Morgan fingerprint density at radius 2 is 1.38 bits per heavy atom. The summed E-state index contributed by atoms with van der Waals surface area (Å²) in [5.41, 5.74) is 20.7. The molecule has 1 unspecified atom stereocenters. The first-order valence-electron chi connectivity index (χ1n) is 16.6. The molecule has 0 bridgehead atoms. The molecule has 226 valence electrons. The summed E-state index contributed by atoms with van der Waals surface area (Å²) in [5.74, 6) is 0.110. The minimum absolute atomic E-state index is 0.110. The van der Waals surface area contributed by atoms with Gasteiger partial charge < -0.3 is 10.3 Å². The lowest BCUT2D eigenvalue weighted by atomic mass is 9.63. The zero-order chi connectivity index (χ0) is 31.7. The summed E-state index contributed by atoms with van der Waals surface area (Å²) < 4.78 is 5.15. The fourth-order valence-corrected chi connectivity index (χ4v) is 10.7. The van der Waals surface area contributed by atoms with Gasteiger partial charge in [0.05, 0.1) is 22.1 Å². The molecule has 1 aliphatic heterocycles. The Kier molecular flexibility index (Phi) is 5.06. The molecule has 3 N–H and O–H groups in total. The average molecular weight is 632 g/mol. The van der Waals surface area contributed by atoms with E-state index in [0.29, 0.717) is 0 Å². The minimum atomic E-state index is -0.498. The van der Waals surface area contributed by atoms with Crippen molar-refractivity contribution in [2.24, 2.45) is 5.73 Å². The summed E-state index contributed by atoms with van der Waals surface area (Å²) in [6.07, 6.45) is 4.31. The normalized spacial score (nSPS) is 17.7. The molecule has 0 fully saturated rings. The largest absolute Gasteiger partial charge is 0.384 e. The second kappa shape index (κ2) is 9.21. The number of amidine groups is 1. The quantitative estimate of drug-likeness (QED) is 0.145. The lowest BCUT2D eigenvalue weighted by Crippen LogP contribution is -2.35. The topological polar surface area (TPSA) is 54.8 Å². The first kappa shape index (κ1) is 26.4. The van der Waals surface area contributed by atoms with Crippen molar-refractivity contribution in [1.82, 2.24) is 4.57 Å². The zero-order valence-corrected chi connectivity index (χ0v) is 26.9. The van der Waals surface area contributed by atoms with Crippen LogP contribution in [0.4, 0.5) is 0 Å². The summed E-state index contributed by atoms with van der Waals surface area (Å²) in [5, 5.41) is 14.0. The van der Waals surface area contributed by atoms with E-state index in [4.69, 9.17) is 11.1 Å². The van der Waals surface area contributed by atoms with E-state index in [1.807, 2.05) is 17.4 Å². The van der Waals surface area contributed by atoms with Gasteiger partial charge in [-0.15, -0.1) is 11.3 Å². The maximum Gasteiger partial charge on any atom is 0.123 e. The number of fused-ring (bicyclic) bond motifs is 14. The van der Waals surface area contributed by atoms with Crippen molar-refractivity contribution >= 4 is 70.3 Å². The van der Waals surface area contributed by atoms with Gasteiger partial charge in [-0.25, -0.2) is 0 Å². The molecule has 11 rings (SSSR count). The number of benzene rings is 6. The highest BCUT2D eigenvalue weighted by Gasteiger charge is 2.52. The number of thiophene rings is 1. The van der Waals surface area contributed by atoms with Crippen molar-refractivity contribution in [3.8, 4) is 5.69 Å². The van der Waals surface area contributed by atoms with Crippen molar-refractivity contribution < 1.29 is 0 Å². The lowest BCUT2D eigenvalue weighted by molar-refractivity contribution is 0.687. The van der Waals surface area contributed by atoms with E-state index in [1.54, 1.807) is 0 Å². The summed E-state index contributed by atoms with van der Waals surface area (Å²) >= 11 is 1.89. The number of nitrogens with zero attached hydrogens (tertiary/aromatic N) is 1. The highest BCUT2D eigenvalue weighted by Crippen LogP contribution is 2.63. The monoisotopic (exact) mass is 631 g/mol. The number of hydrogen-bond acceptors (Lipinski definition) is 2. The summed E-state index contributed by atoms with van der Waals surface area (Å²) in [7, 11) is 0. The van der Waals surface area contributed by atoms with Crippen LogP contribution in [0, 0.1) is 5.41 Å². The predicted molar refractivity (Wildman–Crippen MR) is 202 cm³/mol. The van der Waals surface area contributed by atoms with Gasteiger partial charge in [0.15, 0.2) is 0 Å². The fourth-order valence-electron chi connectivity index (χ4n) is 9.41. The van der Waals surface area contributed by atoms with E-state index >= 15 is 0 Å². The summed E-state index contributed by atoms with van der Waals surface area (Å²) in [6, 6.07) is 46.6. The van der Waals surface area contributed by atoms with E-state index in [1.165, 1.54) is 86.6 Å². The Labute approximate surface area is 281 Å². The Morgan fingerprint density at radius 1 is 0.667 bits per heavy atom. The fraction of sp³-hybridized carbons (Fsp3) is 0.0682. The molecule has 2 aliphatic carbocycles. The number of hydrogen-bond donors (Lipinski definition) is 2. The van der Waals surface area contributed by atoms with Crippen molar-refractivity contribution in [3.63, 3.8) is 0 Å². The SMILES string of the molecule is N=C(N)c1cccc2c1C1=C(CCC(c3cccc4c3sc3ccccc34)=C1)C21c2ccccc2-n2c3ccccc3c3cccc1c32. The van der Waals surface area contributed by atoms with Crippen LogP contribution in [0.3, 0.4) is 0 Å². The number of nitrogen functional groups attached to an aromatic ring is 1. The molecule has 0 amide bonds. The van der Waals surface area contributed by atoms with Crippen LogP contribution in [0.25, 0.3) is 58.8 Å². The van der Waals surface area contributed by atoms with Crippen LogP contribution in [0.5, 0.6) is 0 Å². The van der Waals surface area contributed by atoms with Gasteiger partial charge in [-0.3, -0.25) is 5.41 Å². The molecule has 0 saturated heterocycles. The van der Waals surface area contributed by atoms with Crippen molar-refractivity contribution in [2.45, 2.75) is 18.3 Å². The Morgan fingerprint density at radius 3 is 2.29 bits per heavy atom. The number of allylic oxidation sites excluding steroid dienone is 4. The van der Waals surface area contributed by atoms with E-state index < -0.39 is 5.41 Å². The van der Waals surface area contributed by atoms with E-state index in [2.05, 4.69) is 132 Å². The molecule has 1 spiro atoms. The highest BCUT2D eigenvalue weighted by atomic mass is 32.1. The summed E-state index contributed by atoms with van der Waals surface area (Å²) in [4.78, 5) is 0. The first-order valence-corrected chi connectivity index (χ1v) is 17.4. The number of nitrogens with two attached hydrogens (primary N) is 1. The molecule has 3 nitrogen and oxygen atoms in total. The number of para-hydroxylation sites is 3. The third-order valence-corrected chi connectivity index (χ3v) is 12.4. The molecule has 1 atom stereocenters. The van der Waals surface area contributed by atoms with Crippen LogP contribution < -0.4 is 5.73 Å². The molecule has 48 heavy (non-hydrogen) atoms. The molecule has 2 aromatic heterocycles. The molecule has 6 aromatic carbocycles. The van der Waals surface area contributed by atoms with Crippen LogP contribution >= 0.6 is 11.3 Å². The van der Waals surface area contributed by atoms with Gasteiger partial charge in [-0.1, -0.05) is 115 Å². The third-order valence-electron chi connectivity index (χ3n) is 11.2. The Bertz CT molecular complexity index is 2820. The molecule has 4 heteroatoms. The molecule has 3 heterocycles. The van der Waals surface area contributed by atoms with Crippen molar-refractivity contribution in [1.29, 1.82) is 5.41 Å². The maximum absolute atomic E-state index is 8.78. The molecule has 0 saturated carbocycles. The maximum atomic E-state index is 8.78. The lowest BCUT2D eigenvalue weighted by Gasteiger charge is -2.41. The molecule has 8 aromatic rings. The van der Waals surface area contributed by atoms with Crippen molar-refractivity contribution in [3.05, 3.63) is 172 Å². The Balaban J connectivity index is 1.28. The van der Waals surface area contributed by atoms with Gasteiger partial charge in [-0.05, 0) is 75.6 Å². The third kappa shape index (κ3) is 3.07. The van der Waals surface area contributed by atoms with Crippen LogP contribution in [-0.2, 0) is 5.41 Å². The van der Waals surface area contributed by atoms with Gasteiger partial charge in [0, 0.05) is 36.5 Å². The summed E-state index contributed by atoms with van der Waals surface area (Å²) in [6.45, 7) is 0. The van der Waals surface area contributed by atoms with E-state index in [9.17, 15) is 0 Å². The van der Waals surface area contributed by atoms with Crippen LogP contribution in [-0.4, -0.2) is 10.4 Å². The number of rotatable bonds is 2. The molecular formula is C44H29N3S. The Hall–Kier alpha value is -5.71. The predicted octanol–water partition coefficient (Wildman–Crippen LogP) is 10.7. The van der Waals surface area contributed by atoms with Gasteiger partial charge in [0.2, 0.25) is 0 Å². The van der Waals surface area contributed by atoms with Gasteiger partial charge in [-0.2, -0.15) is 0 Å². The second-order valence-corrected chi connectivity index (χ2v) is 14.4. The van der Waals surface area contributed by atoms with E-state index in [0.717, 1.165) is 24.0 Å². The smallest absolute Gasteiger partial charge is 0.123 e. The highest BCUT2D eigenvalue weighted by molar-refractivity contribution is 7.26. The zero-order valence-electron chi connectivity index (χ0n) is 26.0. The van der Waals surface area contributed by atoms with E-state index in [-0.39, 0.29) is 5.84 Å². The van der Waals surface area contributed by atoms with Crippen LogP contribution in [0.2, 0.25) is 0 Å². The van der Waals surface area contributed by atoms with Crippen molar-refractivity contribution in [2.75, 3.05) is 0 Å².